The molecule has 0 atom stereocenters. The first-order chi connectivity index (χ1) is 14.1. The topological polar surface area (TPSA) is 67.2 Å². The van der Waals surface area contributed by atoms with E-state index in [0.717, 1.165) is 16.6 Å². The van der Waals surface area contributed by atoms with Crippen molar-refractivity contribution in [3.63, 3.8) is 0 Å². The molecule has 0 radical (unpaired) electrons. The number of hydrogen-bond acceptors (Lipinski definition) is 4. The molecule has 0 saturated carbocycles. The Bertz CT molecular complexity index is 1160. The van der Waals surface area contributed by atoms with Crippen molar-refractivity contribution >= 4 is 44.1 Å². The molecular formula is C20H18BrF3N4O2. The highest BCUT2D eigenvalue weighted by Gasteiger charge is 2.31. The summed E-state index contributed by atoms with van der Waals surface area (Å²) in [6.07, 6.45) is -3.28. The minimum atomic E-state index is -4.53. The first-order valence-electron chi connectivity index (χ1n) is 8.89. The lowest BCUT2D eigenvalue weighted by atomic mass is 10.1. The Kier molecular flexibility index (Phi) is 6.16. The maximum Gasteiger partial charge on any atom is 0.416 e. The number of aryl methyl sites for hydroxylation is 1. The lowest BCUT2D eigenvalue weighted by Gasteiger charge is -2.20. The van der Waals surface area contributed by atoms with Gasteiger partial charge in [0.05, 0.1) is 34.2 Å². The van der Waals surface area contributed by atoms with Gasteiger partial charge in [-0.3, -0.25) is 14.2 Å². The number of anilines is 2. The smallest absolute Gasteiger partial charge is 0.376 e. The number of halogens is 4. The predicted molar refractivity (Wildman–Crippen MR) is 113 cm³/mol. The van der Waals surface area contributed by atoms with Crippen molar-refractivity contribution in [2.45, 2.75) is 19.1 Å². The van der Waals surface area contributed by atoms with E-state index in [1.54, 1.807) is 37.2 Å². The van der Waals surface area contributed by atoms with Crippen LogP contribution in [-0.2, 0) is 17.5 Å². The third kappa shape index (κ3) is 4.81. The zero-order valence-corrected chi connectivity index (χ0v) is 17.7. The molecule has 3 aromatic rings. The van der Waals surface area contributed by atoms with Gasteiger partial charge in [-0.2, -0.15) is 13.2 Å². The van der Waals surface area contributed by atoms with E-state index in [-0.39, 0.29) is 24.2 Å². The molecule has 0 aliphatic carbocycles. The van der Waals surface area contributed by atoms with E-state index in [2.05, 4.69) is 26.2 Å². The van der Waals surface area contributed by atoms with Crippen LogP contribution in [0.2, 0.25) is 0 Å². The Morgan fingerprint density at radius 1 is 1.20 bits per heavy atom. The van der Waals surface area contributed by atoms with E-state index in [0.29, 0.717) is 16.6 Å². The summed E-state index contributed by atoms with van der Waals surface area (Å²) in [5.74, 6) is -0.515. The molecule has 2 aromatic carbocycles. The minimum Gasteiger partial charge on any atom is -0.376 e. The molecule has 0 bridgehead atoms. The van der Waals surface area contributed by atoms with Crippen LogP contribution in [0.15, 0.2) is 52.0 Å². The fourth-order valence-electron chi connectivity index (χ4n) is 2.93. The lowest BCUT2D eigenvalue weighted by Crippen LogP contribution is -2.24. The van der Waals surface area contributed by atoms with Crippen LogP contribution in [-0.4, -0.2) is 29.6 Å². The van der Waals surface area contributed by atoms with Crippen LogP contribution in [0.4, 0.5) is 24.5 Å². The number of benzene rings is 2. The molecule has 1 aromatic heterocycles. The zero-order chi connectivity index (χ0) is 22.1. The first-order valence-corrected chi connectivity index (χ1v) is 9.68. The Morgan fingerprint density at radius 2 is 1.93 bits per heavy atom. The van der Waals surface area contributed by atoms with Gasteiger partial charge in [0.1, 0.15) is 0 Å². The number of carbonyl (C=O) groups excluding carboxylic acids is 1. The molecule has 0 aliphatic rings. The molecule has 6 nitrogen and oxygen atoms in total. The van der Waals surface area contributed by atoms with Crippen molar-refractivity contribution in [2.24, 2.45) is 0 Å². The van der Waals surface area contributed by atoms with Gasteiger partial charge in [0.2, 0.25) is 5.91 Å². The Morgan fingerprint density at radius 3 is 2.60 bits per heavy atom. The van der Waals surface area contributed by atoms with Crippen LogP contribution < -0.4 is 15.8 Å². The van der Waals surface area contributed by atoms with Crippen LogP contribution in [0.3, 0.4) is 0 Å². The van der Waals surface area contributed by atoms with E-state index in [1.807, 2.05) is 0 Å². The summed E-state index contributed by atoms with van der Waals surface area (Å²) in [6, 6.07) is 8.28. The summed E-state index contributed by atoms with van der Waals surface area (Å²) in [5, 5.41) is 2.92. The standard InChI is InChI=1S/C20H18BrF3N4O2/c1-27(2)17-6-3-12(20(22,23)24)9-16(17)26-18(29)7-8-28-11-25-15-5-4-13(21)10-14(15)19(28)30/h3-6,9-11H,7-8H2,1-2H3,(H,26,29). The van der Waals surface area contributed by atoms with Crippen molar-refractivity contribution in [1.82, 2.24) is 9.55 Å². The quantitative estimate of drug-likeness (QED) is 0.589. The van der Waals surface area contributed by atoms with Crippen LogP contribution in [0.5, 0.6) is 0 Å². The fraction of sp³-hybridized carbons (Fsp3) is 0.250. The highest BCUT2D eigenvalue weighted by molar-refractivity contribution is 9.10. The summed E-state index contributed by atoms with van der Waals surface area (Å²) in [5.41, 5.74) is -0.145. The Balaban J connectivity index is 1.79. The fourth-order valence-corrected chi connectivity index (χ4v) is 3.29. The van der Waals surface area contributed by atoms with Gasteiger partial charge >= 0.3 is 6.18 Å². The normalized spacial score (nSPS) is 11.5. The van der Waals surface area contributed by atoms with Gasteiger partial charge in [-0.15, -0.1) is 0 Å². The van der Waals surface area contributed by atoms with Crippen LogP contribution in [0.1, 0.15) is 12.0 Å². The van der Waals surface area contributed by atoms with Gasteiger partial charge < -0.3 is 10.2 Å². The Hall–Kier alpha value is -2.88. The van der Waals surface area contributed by atoms with Crippen LogP contribution in [0, 0.1) is 0 Å². The van der Waals surface area contributed by atoms with E-state index < -0.39 is 17.6 Å². The molecule has 0 saturated heterocycles. The summed E-state index contributed by atoms with van der Waals surface area (Å²) in [6.45, 7) is 0.0381. The third-order valence-electron chi connectivity index (χ3n) is 4.45. The number of nitrogens with zero attached hydrogens (tertiary/aromatic N) is 3. The van der Waals surface area contributed by atoms with Gasteiger partial charge in [0, 0.05) is 31.5 Å². The molecular weight excluding hydrogens is 465 g/mol. The number of alkyl halides is 3. The van der Waals surface area contributed by atoms with Gasteiger partial charge in [0.15, 0.2) is 0 Å². The first kappa shape index (κ1) is 21.8. The highest BCUT2D eigenvalue weighted by Crippen LogP contribution is 2.35. The molecule has 0 unspecified atom stereocenters. The minimum absolute atomic E-state index is 0.0381. The molecule has 0 spiro atoms. The average molecular weight is 483 g/mol. The average Bonchev–Trinajstić information content (AvgIpc) is 2.67. The van der Waals surface area contributed by atoms with Gasteiger partial charge in [0.25, 0.3) is 5.56 Å². The van der Waals surface area contributed by atoms with Crippen LogP contribution in [0.25, 0.3) is 10.9 Å². The van der Waals surface area contributed by atoms with Crippen molar-refractivity contribution in [3.8, 4) is 0 Å². The number of nitrogens with one attached hydrogen (secondary N) is 1. The van der Waals surface area contributed by atoms with Crippen molar-refractivity contribution in [2.75, 3.05) is 24.3 Å². The second-order valence-corrected chi connectivity index (χ2v) is 7.74. The van der Waals surface area contributed by atoms with E-state index in [4.69, 9.17) is 0 Å². The van der Waals surface area contributed by atoms with Crippen LogP contribution >= 0.6 is 15.9 Å². The Labute approximate surface area is 178 Å². The molecule has 3 rings (SSSR count). The summed E-state index contributed by atoms with van der Waals surface area (Å²) >= 11 is 3.30. The molecule has 1 amide bonds. The molecule has 158 valence electrons. The molecule has 0 fully saturated rings. The van der Waals surface area contributed by atoms with E-state index in [9.17, 15) is 22.8 Å². The van der Waals surface area contributed by atoms with Crippen molar-refractivity contribution in [1.29, 1.82) is 0 Å². The highest BCUT2D eigenvalue weighted by atomic mass is 79.9. The second-order valence-electron chi connectivity index (χ2n) is 6.83. The van der Waals surface area contributed by atoms with Gasteiger partial charge in [-0.1, -0.05) is 15.9 Å². The molecule has 10 heteroatoms. The maximum atomic E-state index is 13.0. The number of carbonyl (C=O) groups is 1. The zero-order valence-electron chi connectivity index (χ0n) is 16.1. The third-order valence-corrected chi connectivity index (χ3v) is 4.94. The second kappa shape index (κ2) is 8.47. The van der Waals surface area contributed by atoms with Gasteiger partial charge in [-0.25, -0.2) is 4.98 Å². The van der Waals surface area contributed by atoms with Crippen molar-refractivity contribution < 1.29 is 18.0 Å². The molecule has 1 heterocycles. The van der Waals surface area contributed by atoms with E-state index in [1.165, 1.54) is 17.0 Å². The molecule has 0 aliphatic heterocycles. The molecule has 30 heavy (non-hydrogen) atoms. The number of aromatic nitrogens is 2. The van der Waals surface area contributed by atoms with Gasteiger partial charge in [-0.05, 0) is 36.4 Å². The lowest BCUT2D eigenvalue weighted by molar-refractivity contribution is -0.137. The maximum absolute atomic E-state index is 13.0. The summed E-state index contributed by atoms with van der Waals surface area (Å²) < 4.78 is 41.1. The molecule has 1 N–H and O–H groups in total. The number of fused-ring (bicyclic) bond motifs is 1. The predicted octanol–water partition coefficient (Wildman–Crippen LogP) is 4.27. The number of rotatable bonds is 5. The largest absolute Gasteiger partial charge is 0.416 e. The summed E-state index contributed by atoms with van der Waals surface area (Å²) in [4.78, 5) is 30.8. The van der Waals surface area contributed by atoms with E-state index >= 15 is 0 Å². The SMILES string of the molecule is CN(C)c1ccc(C(F)(F)F)cc1NC(=O)CCn1cnc2ccc(Br)cc2c1=O. The monoisotopic (exact) mass is 482 g/mol. The summed E-state index contributed by atoms with van der Waals surface area (Å²) in [7, 11) is 3.33. The van der Waals surface area contributed by atoms with Crippen molar-refractivity contribution in [3.05, 3.63) is 63.1 Å². The number of hydrogen-bond donors (Lipinski definition) is 1. The number of amides is 1.